The highest BCUT2D eigenvalue weighted by atomic mass is 16.2. The van der Waals surface area contributed by atoms with E-state index in [9.17, 15) is 9.59 Å². The first-order chi connectivity index (χ1) is 12.8. The number of benzene rings is 1. The first-order valence-corrected chi connectivity index (χ1v) is 10.3. The van der Waals surface area contributed by atoms with Crippen LogP contribution in [0, 0.1) is 11.8 Å². The van der Waals surface area contributed by atoms with Gasteiger partial charge in [0.2, 0.25) is 5.91 Å². The van der Waals surface area contributed by atoms with Crippen molar-refractivity contribution >= 4 is 11.9 Å². The summed E-state index contributed by atoms with van der Waals surface area (Å²) in [5.74, 6) is 1.00. The molecule has 1 aliphatic rings. The van der Waals surface area contributed by atoms with Gasteiger partial charge in [-0.25, -0.2) is 4.79 Å². The number of rotatable bonds is 6. The smallest absolute Gasteiger partial charge is 0.318 e. The van der Waals surface area contributed by atoms with E-state index in [0.717, 1.165) is 31.5 Å². The van der Waals surface area contributed by atoms with Crippen LogP contribution < -0.4 is 5.32 Å². The molecular weight excluding hydrogens is 338 g/mol. The Labute approximate surface area is 164 Å². The van der Waals surface area contributed by atoms with Crippen LogP contribution in [0.25, 0.3) is 0 Å². The molecule has 0 aromatic heterocycles. The zero-order chi connectivity index (χ0) is 20.0. The van der Waals surface area contributed by atoms with E-state index in [1.165, 1.54) is 0 Å². The van der Waals surface area contributed by atoms with E-state index in [0.29, 0.717) is 18.4 Å². The Kier molecular flexibility index (Phi) is 7.69. The fraction of sp³-hybridized carbons (Fsp3) is 0.636. The lowest BCUT2D eigenvalue weighted by atomic mass is 9.97. The number of nitrogens with one attached hydrogen (secondary N) is 1. The molecule has 0 bridgehead atoms. The Hall–Kier alpha value is -2.04. The van der Waals surface area contributed by atoms with Gasteiger partial charge in [-0.3, -0.25) is 4.79 Å². The lowest BCUT2D eigenvalue weighted by Gasteiger charge is -2.35. The van der Waals surface area contributed by atoms with E-state index in [4.69, 9.17) is 0 Å². The van der Waals surface area contributed by atoms with Gasteiger partial charge in [0.25, 0.3) is 0 Å². The first-order valence-electron chi connectivity index (χ1n) is 10.3. The van der Waals surface area contributed by atoms with Crippen LogP contribution in [0.2, 0.25) is 0 Å². The van der Waals surface area contributed by atoms with Crippen LogP contribution in [0.3, 0.4) is 0 Å². The maximum atomic E-state index is 13.2. The Bertz CT molecular complexity index is 609. The fourth-order valence-electron chi connectivity index (χ4n) is 3.53. The topological polar surface area (TPSA) is 52.7 Å². The van der Waals surface area contributed by atoms with Gasteiger partial charge in [0.05, 0.1) is 0 Å². The third-order valence-corrected chi connectivity index (χ3v) is 5.80. The third-order valence-electron chi connectivity index (χ3n) is 5.80. The summed E-state index contributed by atoms with van der Waals surface area (Å²) in [5.41, 5.74) is 0.836. The molecule has 1 heterocycles. The Morgan fingerprint density at radius 2 is 1.74 bits per heavy atom. The number of carbonyl (C=O) groups excluding carboxylic acids is 2. The molecule has 1 aromatic rings. The van der Waals surface area contributed by atoms with Crippen LogP contribution >= 0.6 is 0 Å². The fourth-order valence-corrected chi connectivity index (χ4v) is 3.53. The minimum absolute atomic E-state index is 0.00490. The quantitative estimate of drug-likeness (QED) is 0.817. The molecule has 3 amide bonds. The van der Waals surface area contributed by atoms with Crippen LogP contribution in [0.1, 0.15) is 59.1 Å². The number of hydrogen-bond donors (Lipinski definition) is 1. The van der Waals surface area contributed by atoms with E-state index in [1.54, 1.807) is 0 Å². The lowest BCUT2D eigenvalue weighted by Crippen LogP contribution is -2.51. The summed E-state index contributed by atoms with van der Waals surface area (Å²) >= 11 is 0. The highest BCUT2D eigenvalue weighted by molar-refractivity contribution is 5.88. The Balaban J connectivity index is 2.20. The normalized spacial score (nSPS) is 17.5. The molecular formula is C22H35N3O2. The van der Waals surface area contributed by atoms with Crippen molar-refractivity contribution in [2.24, 2.45) is 11.8 Å². The highest BCUT2D eigenvalue weighted by Gasteiger charge is 2.31. The molecule has 0 aliphatic carbocycles. The molecule has 5 nitrogen and oxygen atoms in total. The Morgan fingerprint density at radius 3 is 2.26 bits per heavy atom. The predicted molar refractivity (Wildman–Crippen MR) is 109 cm³/mol. The number of carbonyl (C=O) groups is 2. The molecule has 0 unspecified atom stereocenters. The molecule has 1 fully saturated rings. The molecule has 1 saturated heterocycles. The summed E-state index contributed by atoms with van der Waals surface area (Å²) in [4.78, 5) is 30.0. The van der Waals surface area contributed by atoms with E-state index < -0.39 is 6.04 Å². The van der Waals surface area contributed by atoms with Crippen LogP contribution in [-0.4, -0.2) is 47.4 Å². The van der Waals surface area contributed by atoms with Gasteiger partial charge in [0, 0.05) is 25.7 Å². The average molecular weight is 374 g/mol. The molecule has 0 radical (unpaired) electrons. The van der Waals surface area contributed by atoms with Gasteiger partial charge in [-0.05, 0) is 44.1 Å². The van der Waals surface area contributed by atoms with Gasteiger partial charge in [-0.2, -0.15) is 0 Å². The maximum absolute atomic E-state index is 13.2. The summed E-state index contributed by atoms with van der Waals surface area (Å²) in [6.07, 6.45) is 2.04. The number of amides is 3. The second kappa shape index (κ2) is 9.77. The summed E-state index contributed by atoms with van der Waals surface area (Å²) < 4.78 is 0. The number of nitrogens with zero attached hydrogens (tertiary/aromatic N) is 2. The Morgan fingerprint density at radius 1 is 1.15 bits per heavy atom. The molecule has 0 saturated carbocycles. The molecule has 2 rings (SSSR count). The van der Waals surface area contributed by atoms with Crippen LogP contribution in [-0.2, 0) is 4.79 Å². The summed E-state index contributed by atoms with van der Waals surface area (Å²) in [6, 6.07) is 8.87. The minimum Gasteiger partial charge on any atom is -0.341 e. The minimum atomic E-state index is -0.638. The van der Waals surface area contributed by atoms with Crippen molar-refractivity contribution in [3.8, 4) is 0 Å². The zero-order valence-corrected chi connectivity index (χ0v) is 17.4. The number of likely N-dealkylation sites (tertiary alicyclic amines) is 1. The van der Waals surface area contributed by atoms with Gasteiger partial charge in [0.1, 0.15) is 6.04 Å². The molecule has 1 aromatic carbocycles. The molecule has 2 atom stereocenters. The molecule has 1 aliphatic heterocycles. The predicted octanol–water partition coefficient (Wildman–Crippen LogP) is 4.06. The second-order valence-electron chi connectivity index (χ2n) is 8.07. The van der Waals surface area contributed by atoms with Gasteiger partial charge >= 0.3 is 6.03 Å². The largest absolute Gasteiger partial charge is 0.341 e. The lowest BCUT2D eigenvalue weighted by molar-refractivity contribution is -0.134. The SMILES string of the molecule is CCN(C(=O)N[C@@H](C(=O)N1CCC(C)CC1)c1ccccc1)[C@@H](C)C(C)C. The molecule has 1 N–H and O–H groups in total. The molecule has 0 spiro atoms. The molecule has 5 heteroatoms. The van der Waals surface area contributed by atoms with Crippen molar-refractivity contribution in [2.75, 3.05) is 19.6 Å². The maximum Gasteiger partial charge on any atom is 0.318 e. The number of hydrogen-bond acceptors (Lipinski definition) is 2. The number of urea groups is 1. The van der Waals surface area contributed by atoms with Crippen LogP contribution in [0.5, 0.6) is 0 Å². The molecule has 27 heavy (non-hydrogen) atoms. The van der Waals surface area contributed by atoms with E-state index in [2.05, 4.69) is 33.0 Å². The van der Waals surface area contributed by atoms with Gasteiger partial charge in [-0.15, -0.1) is 0 Å². The van der Waals surface area contributed by atoms with Crippen molar-refractivity contribution in [2.45, 2.75) is 59.5 Å². The van der Waals surface area contributed by atoms with E-state index >= 15 is 0 Å². The summed E-state index contributed by atoms with van der Waals surface area (Å²) in [5, 5.41) is 3.02. The van der Waals surface area contributed by atoms with Crippen molar-refractivity contribution in [3.63, 3.8) is 0 Å². The second-order valence-corrected chi connectivity index (χ2v) is 8.07. The highest BCUT2D eigenvalue weighted by Crippen LogP contribution is 2.22. The monoisotopic (exact) mass is 373 g/mol. The van der Waals surface area contributed by atoms with E-state index in [-0.39, 0.29) is 18.0 Å². The van der Waals surface area contributed by atoms with Crippen molar-refractivity contribution in [1.29, 1.82) is 0 Å². The zero-order valence-electron chi connectivity index (χ0n) is 17.4. The van der Waals surface area contributed by atoms with Crippen molar-refractivity contribution in [3.05, 3.63) is 35.9 Å². The van der Waals surface area contributed by atoms with Crippen molar-refractivity contribution in [1.82, 2.24) is 15.1 Å². The first kappa shape index (κ1) is 21.3. The number of piperidine rings is 1. The average Bonchev–Trinajstić information content (AvgIpc) is 2.67. The molecule has 150 valence electrons. The van der Waals surface area contributed by atoms with E-state index in [1.807, 2.05) is 47.1 Å². The summed E-state index contributed by atoms with van der Waals surface area (Å²) in [7, 11) is 0. The standard InChI is InChI=1S/C22H35N3O2/c1-6-25(18(5)16(2)3)22(27)23-20(19-10-8-7-9-11-19)21(26)24-14-12-17(4)13-15-24/h7-11,16-18,20H,6,12-15H2,1-5H3,(H,23,27)/t18-,20+/m0/s1. The summed E-state index contributed by atoms with van der Waals surface area (Å²) in [6.45, 7) is 12.6. The van der Waals surface area contributed by atoms with Gasteiger partial charge in [-0.1, -0.05) is 51.1 Å². The van der Waals surface area contributed by atoms with Gasteiger partial charge in [0.15, 0.2) is 0 Å². The third kappa shape index (κ3) is 5.47. The van der Waals surface area contributed by atoms with Crippen LogP contribution in [0.4, 0.5) is 4.79 Å². The van der Waals surface area contributed by atoms with Gasteiger partial charge < -0.3 is 15.1 Å². The van der Waals surface area contributed by atoms with Crippen molar-refractivity contribution < 1.29 is 9.59 Å². The van der Waals surface area contributed by atoms with Crippen LogP contribution in [0.15, 0.2) is 30.3 Å².